The Bertz CT molecular complexity index is 1570. The number of rotatable bonds is 11. The molecule has 0 aliphatic carbocycles. The summed E-state index contributed by atoms with van der Waals surface area (Å²) in [6.07, 6.45) is 4.68. The van der Waals surface area contributed by atoms with E-state index < -0.39 is 23.8 Å². The predicted octanol–water partition coefficient (Wildman–Crippen LogP) is 3.50. The van der Waals surface area contributed by atoms with Gasteiger partial charge in [-0.05, 0) is 49.6 Å². The minimum atomic E-state index is -1.08. The quantitative estimate of drug-likeness (QED) is 0.310. The third-order valence-corrected chi connectivity index (χ3v) is 8.72. The number of fused-ring (bicyclic) bond motifs is 1. The molecule has 0 saturated carbocycles. The number of aliphatic carboxylic acids is 1. The molecule has 222 valence electrons. The van der Waals surface area contributed by atoms with Crippen molar-refractivity contribution >= 4 is 35.2 Å². The molecule has 0 radical (unpaired) electrons. The van der Waals surface area contributed by atoms with E-state index in [0.29, 0.717) is 46.4 Å². The zero-order chi connectivity index (χ0) is 30.5. The van der Waals surface area contributed by atoms with Gasteiger partial charge in [-0.2, -0.15) is 5.26 Å². The number of benzene rings is 2. The molecule has 2 aliphatic rings. The SMILES string of the molecule is N#Cc1ccc(N2CCC(Sc3ncc(COc4cccc5c4CN(C(CCC(=O)O)C(N)=O)C5=O)cn3)CC2)c(F)c1. The van der Waals surface area contributed by atoms with E-state index in [9.17, 15) is 18.8 Å². The molecule has 11 nitrogen and oxygen atoms in total. The fourth-order valence-corrected chi connectivity index (χ4v) is 6.23. The molecule has 1 atom stereocenters. The molecule has 1 fully saturated rings. The number of carbonyl (C=O) groups is 3. The van der Waals surface area contributed by atoms with Gasteiger partial charge in [0.2, 0.25) is 5.91 Å². The molecule has 1 saturated heterocycles. The molecule has 1 aromatic heterocycles. The van der Waals surface area contributed by atoms with Crippen molar-refractivity contribution in [2.75, 3.05) is 18.0 Å². The van der Waals surface area contributed by atoms with Gasteiger partial charge in [0.15, 0.2) is 5.16 Å². The largest absolute Gasteiger partial charge is 0.488 e. The molecule has 3 aromatic rings. The highest BCUT2D eigenvalue weighted by molar-refractivity contribution is 7.99. The highest BCUT2D eigenvalue weighted by Gasteiger charge is 2.37. The van der Waals surface area contributed by atoms with E-state index in [2.05, 4.69) is 9.97 Å². The van der Waals surface area contributed by atoms with E-state index in [-0.39, 0.29) is 37.1 Å². The summed E-state index contributed by atoms with van der Waals surface area (Å²) in [4.78, 5) is 48.3. The molecule has 2 aromatic carbocycles. The van der Waals surface area contributed by atoms with E-state index in [4.69, 9.17) is 20.8 Å². The number of nitrogens with zero attached hydrogens (tertiary/aromatic N) is 5. The summed E-state index contributed by atoms with van der Waals surface area (Å²) in [6, 6.07) is 10.5. The first-order chi connectivity index (χ1) is 20.7. The second kappa shape index (κ2) is 13.1. The van der Waals surface area contributed by atoms with Gasteiger partial charge in [0, 0.05) is 53.8 Å². The van der Waals surface area contributed by atoms with Crippen molar-refractivity contribution in [3.8, 4) is 11.8 Å². The number of aromatic nitrogens is 2. The van der Waals surface area contributed by atoms with Crippen LogP contribution in [0.3, 0.4) is 0 Å². The van der Waals surface area contributed by atoms with Crippen molar-refractivity contribution in [3.05, 3.63) is 76.9 Å². The van der Waals surface area contributed by atoms with Gasteiger partial charge in [-0.15, -0.1) is 0 Å². The predicted molar refractivity (Wildman–Crippen MR) is 155 cm³/mol. The van der Waals surface area contributed by atoms with Gasteiger partial charge in [0.1, 0.15) is 24.2 Å². The molecule has 13 heteroatoms. The van der Waals surface area contributed by atoms with Gasteiger partial charge in [0.25, 0.3) is 5.91 Å². The molecule has 2 amide bonds. The Morgan fingerprint density at radius 2 is 1.95 bits per heavy atom. The summed E-state index contributed by atoms with van der Waals surface area (Å²) >= 11 is 1.58. The summed E-state index contributed by atoms with van der Waals surface area (Å²) in [5.41, 5.74) is 8.02. The van der Waals surface area contributed by atoms with Gasteiger partial charge in [0.05, 0.1) is 23.9 Å². The molecule has 5 rings (SSSR count). The lowest BCUT2D eigenvalue weighted by Crippen LogP contribution is -2.45. The maximum absolute atomic E-state index is 14.4. The number of nitrogens with two attached hydrogens (primary N) is 1. The minimum Gasteiger partial charge on any atom is -0.488 e. The van der Waals surface area contributed by atoms with Crippen LogP contribution in [0.5, 0.6) is 5.75 Å². The number of thioether (sulfide) groups is 1. The van der Waals surface area contributed by atoms with Crippen LogP contribution in [0.15, 0.2) is 53.9 Å². The summed E-state index contributed by atoms with van der Waals surface area (Å²) in [5, 5.41) is 18.9. The second-order valence-electron chi connectivity index (χ2n) is 10.3. The minimum absolute atomic E-state index is 0.0723. The number of nitriles is 1. The van der Waals surface area contributed by atoms with E-state index in [1.165, 1.54) is 11.0 Å². The van der Waals surface area contributed by atoms with Crippen LogP contribution in [0.25, 0.3) is 0 Å². The van der Waals surface area contributed by atoms with Gasteiger partial charge < -0.3 is 25.4 Å². The van der Waals surface area contributed by atoms with Gasteiger partial charge in [-0.1, -0.05) is 17.8 Å². The number of carbonyl (C=O) groups excluding carboxylic acids is 2. The normalized spacial score (nSPS) is 15.6. The number of anilines is 1. The molecular weight excluding hydrogens is 575 g/mol. The first-order valence-electron chi connectivity index (χ1n) is 13.7. The number of primary amides is 1. The van der Waals surface area contributed by atoms with Crippen LogP contribution in [0.4, 0.5) is 10.1 Å². The lowest BCUT2D eigenvalue weighted by molar-refractivity contribution is -0.137. The second-order valence-corrected chi connectivity index (χ2v) is 11.6. The molecule has 3 heterocycles. The number of hydrogen-bond donors (Lipinski definition) is 2. The number of amides is 2. The van der Waals surface area contributed by atoms with Crippen molar-refractivity contribution < 1.29 is 28.6 Å². The molecule has 43 heavy (non-hydrogen) atoms. The summed E-state index contributed by atoms with van der Waals surface area (Å²) < 4.78 is 20.4. The number of halogens is 1. The van der Waals surface area contributed by atoms with Crippen molar-refractivity contribution in [1.82, 2.24) is 14.9 Å². The first kappa shape index (κ1) is 29.8. The maximum atomic E-state index is 14.4. The highest BCUT2D eigenvalue weighted by Crippen LogP contribution is 2.34. The van der Waals surface area contributed by atoms with Gasteiger partial charge >= 0.3 is 5.97 Å². The van der Waals surface area contributed by atoms with Crippen LogP contribution in [0.2, 0.25) is 0 Å². The molecule has 1 unspecified atom stereocenters. The Kier molecular flexibility index (Phi) is 9.06. The van der Waals surface area contributed by atoms with Crippen LogP contribution >= 0.6 is 11.8 Å². The third kappa shape index (κ3) is 6.86. The van der Waals surface area contributed by atoms with E-state index in [0.717, 1.165) is 18.4 Å². The molecule has 3 N–H and O–H groups in total. The van der Waals surface area contributed by atoms with E-state index in [1.807, 2.05) is 11.0 Å². The van der Waals surface area contributed by atoms with Gasteiger partial charge in [-0.25, -0.2) is 14.4 Å². The molecule has 0 bridgehead atoms. The van der Waals surface area contributed by atoms with Crippen LogP contribution in [0.1, 0.15) is 52.7 Å². The Hall–Kier alpha value is -4.70. The zero-order valence-electron chi connectivity index (χ0n) is 23.1. The first-order valence-corrected chi connectivity index (χ1v) is 14.6. The van der Waals surface area contributed by atoms with Crippen LogP contribution in [-0.2, 0) is 22.7 Å². The number of ether oxygens (including phenoxy) is 1. The average Bonchev–Trinajstić information content (AvgIpc) is 3.33. The highest BCUT2D eigenvalue weighted by atomic mass is 32.2. The summed E-state index contributed by atoms with van der Waals surface area (Å²) in [7, 11) is 0. The fraction of sp³-hybridized carbons (Fsp3) is 0.333. The Morgan fingerprint density at radius 3 is 2.60 bits per heavy atom. The maximum Gasteiger partial charge on any atom is 0.303 e. The lowest BCUT2D eigenvalue weighted by atomic mass is 10.1. The lowest BCUT2D eigenvalue weighted by Gasteiger charge is -2.33. The van der Waals surface area contributed by atoms with E-state index in [1.54, 1.807) is 54.5 Å². The number of carboxylic acids is 1. The number of hydrogen-bond acceptors (Lipinski definition) is 9. The monoisotopic (exact) mass is 604 g/mol. The van der Waals surface area contributed by atoms with Crippen LogP contribution < -0.4 is 15.4 Å². The Labute approximate surface area is 251 Å². The van der Waals surface area contributed by atoms with Gasteiger partial charge in [-0.3, -0.25) is 14.4 Å². The van der Waals surface area contributed by atoms with Crippen molar-refractivity contribution in [3.63, 3.8) is 0 Å². The Balaban J connectivity index is 1.15. The average molecular weight is 605 g/mol. The molecule has 2 aliphatic heterocycles. The standard InChI is InChI=1S/C30H29FN6O5S/c31-23-12-18(13-32)4-5-24(23)36-10-8-20(9-11-36)43-30-34-14-19(15-35-30)17-42-26-3-1-2-21-22(26)16-37(29(21)41)25(28(33)40)6-7-27(38)39/h1-5,12,14-15,20,25H,6-11,16-17H2,(H2,33,40)(H,38,39). The molecule has 0 spiro atoms. The summed E-state index contributed by atoms with van der Waals surface area (Å²) in [6.45, 7) is 1.61. The summed E-state index contributed by atoms with van der Waals surface area (Å²) in [5.74, 6) is -2.15. The van der Waals surface area contributed by atoms with Crippen molar-refractivity contribution in [2.24, 2.45) is 5.73 Å². The van der Waals surface area contributed by atoms with Crippen LogP contribution in [0, 0.1) is 17.1 Å². The number of carboxylic acid groups (broad SMARTS) is 1. The smallest absolute Gasteiger partial charge is 0.303 e. The molecular formula is C30H29FN6O5S. The third-order valence-electron chi connectivity index (χ3n) is 7.50. The van der Waals surface area contributed by atoms with Crippen LogP contribution in [-0.4, -0.2) is 62.1 Å². The number of piperidine rings is 1. The topological polar surface area (TPSA) is 163 Å². The fourth-order valence-electron chi connectivity index (χ4n) is 5.26. The van der Waals surface area contributed by atoms with E-state index >= 15 is 0 Å². The van der Waals surface area contributed by atoms with Crippen molar-refractivity contribution in [1.29, 1.82) is 5.26 Å². The Morgan fingerprint density at radius 1 is 1.21 bits per heavy atom. The van der Waals surface area contributed by atoms with Crippen molar-refractivity contribution in [2.45, 2.75) is 55.3 Å². The zero-order valence-corrected chi connectivity index (χ0v) is 23.9.